The molecular weight excluding hydrogens is 399 g/mol. The molecule has 3 aromatic rings. The molecule has 3 aromatic heterocycles. The van der Waals surface area contributed by atoms with Gasteiger partial charge in [-0.1, -0.05) is 6.07 Å². The van der Waals surface area contributed by atoms with Crippen LogP contribution in [-0.2, 0) is 5.41 Å². The molecule has 7 nitrogen and oxygen atoms in total. The van der Waals surface area contributed by atoms with Crippen molar-refractivity contribution in [2.24, 2.45) is 5.73 Å². The summed E-state index contributed by atoms with van der Waals surface area (Å²) in [5.74, 6) is 3.17. The van der Waals surface area contributed by atoms with Crippen molar-refractivity contribution >= 4 is 24.8 Å². The van der Waals surface area contributed by atoms with Crippen LogP contribution in [0.1, 0.15) is 32.0 Å². The van der Waals surface area contributed by atoms with E-state index in [0.717, 1.165) is 42.3 Å². The Morgan fingerprint density at radius 3 is 2.43 bits per heavy atom. The van der Waals surface area contributed by atoms with Crippen molar-refractivity contribution in [2.75, 3.05) is 6.61 Å². The summed E-state index contributed by atoms with van der Waals surface area (Å²) in [5.41, 5.74) is 7.03. The van der Waals surface area contributed by atoms with E-state index in [9.17, 15) is 0 Å². The van der Waals surface area contributed by atoms with Crippen LogP contribution in [0.15, 0.2) is 42.7 Å². The fourth-order valence-corrected chi connectivity index (χ4v) is 4.36. The minimum Gasteiger partial charge on any atom is -0.492 e. The molecule has 2 N–H and O–H groups in total. The van der Waals surface area contributed by atoms with Crippen molar-refractivity contribution in [2.45, 2.75) is 37.1 Å². The fourth-order valence-electron chi connectivity index (χ4n) is 4.36. The van der Waals surface area contributed by atoms with Crippen LogP contribution in [0.2, 0.25) is 0 Å². The van der Waals surface area contributed by atoms with Crippen molar-refractivity contribution in [1.82, 2.24) is 24.7 Å². The molecule has 0 aliphatic heterocycles. The molecule has 3 heterocycles. The first-order valence-corrected chi connectivity index (χ1v) is 8.88. The van der Waals surface area contributed by atoms with Gasteiger partial charge in [-0.15, -0.1) is 35.0 Å². The van der Waals surface area contributed by atoms with Gasteiger partial charge in [0.2, 0.25) is 0 Å². The lowest BCUT2D eigenvalue weighted by Gasteiger charge is -2.68. The average molecular weight is 421 g/mol. The second-order valence-electron chi connectivity index (χ2n) is 7.36. The molecule has 0 saturated heterocycles. The highest BCUT2D eigenvalue weighted by Gasteiger charge is 2.68. The lowest BCUT2D eigenvalue weighted by atomic mass is 9.39. The maximum absolute atomic E-state index is 6.26. The van der Waals surface area contributed by atoms with Crippen molar-refractivity contribution in [3.63, 3.8) is 0 Å². The minimum absolute atomic E-state index is 0. The molecule has 3 saturated carbocycles. The maximum Gasteiger partial charge on any atom is 0.188 e. The van der Waals surface area contributed by atoms with Crippen LogP contribution >= 0.6 is 24.8 Å². The average Bonchev–Trinajstić information content (AvgIpc) is 3.05. The van der Waals surface area contributed by atoms with Crippen LogP contribution in [-0.4, -0.2) is 36.9 Å². The van der Waals surface area contributed by atoms with E-state index in [0.29, 0.717) is 12.4 Å². The van der Waals surface area contributed by atoms with Gasteiger partial charge in [0.25, 0.3) is 0 Å². The van der Waals surface area contributed by atoms with E-state index >= 15 is 0 Å². The number of halogens is 2. The zero-order valence-electron chi connectivity index (χ0n) is 15.4. The topological polar surface area (TPSA) is 91.7 Å². The smallest absolute Gasteiger partial charge is 0.188 e. The molecule has 0 unspecified atom stereocenters. The number of nitrogens with zero attached hydrogens (tertiary/aromatic N) is 5. The van der Waals surface area contributed by atoms with Gasteiger partial charge in [0.1, 0.15) is 23.1 Å². The maximum atomic E-state index is 6.26. The Kier molecular flexibility index (Phi) is 5.36. The van der Waals surface area contributed by atoms with Crippen molar-refractivity contribution < 1.29 is 4.74 Å². The summed E-state index contributed by atoms with van der Waals surface area (Å²) >= 11 is 0. The Morgan fingerprint density at radius 1 is 1.07 bits per heavy atom. The summed E-state index contributed by atoms with van der Waals surface area (Å²) in [6, 6.07) is 9.64. The van der Waals surface area contributed by atoms with E-state index in [1.165, 1.54) is 0 Å². The molecule has 28 heavy (non-hydrogen) atoms. The number of rotatable bonds is 5. The van der Waals surface area contributed by atoms with Gasteiger partial charge in [0.05, 0.1) is 12.8 Å². The van der Waals surface area contributed by atoms with Crippen molar-refractivity contribution in [1.29, 1.82) is 0 Å². The molecule has 2 bridgehead atoms. The van der Waals surface area contributed by atoms with Gasteiger partial charge in [-0.2, -0.15) is 0 Å². The Labute approximate surface area is 175 Å². The molecule has 148 valence electrons. The van der Waals surface area contributed by atoms with E-state index in [1.807, 2.05) is 41.8 Å². The third-order valence-corrected chi connectivity index (χ3v) is 5.36. The van der Waals surface area contributed by atoms with Crippen LogP contribution in [0.4, 0.5) is 0 Å². The third-order valence-electron chi connectivity index (χ3n) is 5.36. The first kappa shape index (κ1) is 20.5. The normalized spacial score (nSPS) is 24.2. The number of pyridine rings is 2. The van der Waals surface area contributed by atoms with Crippen LogP contribution in [0, 0.1) is 0 Å². The van der Waals surface area contributed by atoms with Gasteiger partial charge in [-0.25, -0.2) is 9.97 Å². The highest BCUT2D eigenvalue weighted by atomic mass is 35.5. The zero-order valence-corrected chi connectivity index (χ0v) is 17.0. The van der Waals surface area contributed by atoms with Gasteiger partial charge < -0.3 is 10.5 Å². The highest BCUT2D eigenvalue weighted by molar-refractivity contribution is 5.85. The number of aromatic nitrogens is 5. The van der Waals surface area contributed by atoms with Gasteiger partial charge in [-0.05, 0) is 50.5 Å². The molecule has 0 spiro atoms. The second kappa shape index (κ2) is 7.31. The van der Waals surface area contributed by atoms with Crippen LogP contribution < -0.4 is 10.5 Å². The summed E-state index contributed by atoms with van der Waals surface area (Å²) in [6.45, 7) is 2.56. The monoisotopic (exact) mass is 420 g/mol. The quantitative estimate of drug-likeness (QED) is 0.681. The van der Waals surface area contributed by atoms with Crippen LogP contribution in [0.5, 0.6) is 5.75 Å². The summed E-state index contributed by atoms with van der Waals surface area (Å²) in [4.78, 5) is 9.04. The summed E-state index contributed by atoms with van der Waals surface area (Å²) in [5, 5.41) is 9.00. The Balaban J connectivity index is 0.00000112. The number of hydrogen-bond donors (Lipinski definition) is 1. The Bertz CT molecular complexity index is 941. The van der Waals surface area contributed by atoms with E-state index < -0.39 is 0 Å². The van der Waals surface area contributed by atoms with Gasteiger partial charge >= 0.3 is 0 Å². The van der Waals surface area contributed by atoms with Crippen molar-refractivity contribution in [3.05, 3.63) is 48.5 Å². The zero-order chi connectivity index (χ0) is 17.8. The Hall–Kier alpha value is -2.22. The second-order valence-corrected chi connectivity index (χ2v) is 7.36. The van der Waals surface area contributed by atoms with Gasteiger partial charge in [-0.3, -0.25) is 4.57 Å². The molecule has 0 radical (unpaired) electrons. The lowest BCUT2D eigenvalue weighted by molar-refractivity contribution is -0.0664. The highest BCUT2D eigenvalue weighted by Crippen LogP contribution is 2.66. The molecular formula is C19H22Cl2N6O. The molecule has 3 aliphatic carbocycles. The molecule has 0 amide bonds. The van der Waals surface area contributed by atoms with Gasteiger partial charge in [0.15, 0.2) is 5.82 Å². The van der Waals surface area contributed by atoms with E-state index in [-0.39, 0.29) is 35.8 Å². The summed E-state index contributed by atoms with van der Waals surface area (Å²) in [6.07, 6.45) is 6.37. The SMILES string of the molecule is CCOc1ccc(-c2nnc(C34CC(N)(C3)C4)n2-c2ccccn2)nc1.Cl.Cl. The molecule has 6 rings (SSSR count). The minimum atomic E-state index is -0.00154. The van der Waals surface area contributed by atoms with E-state index in [1.54, 1.807) is 12.4 Å². The lowest BCUT2D eigenvalue weighted by Crippen LogP contribution is -2.75. The first-order valence-electron chi connectivity index (χ1n) is 8.88. The standard InChI is InChI=1S/C19H20N6O.2ClH/c1-2-26-13-6-7-14(22-9-13)16-23-24-17(18-10-19(20,11-18)12-18)25(16)15-5-3-4-8-21-15;;/h3-9H,2,10-12,20H2,1H3;2*1H. The summed E-state index contributed by atoms with van der Waals surface area (Å²) in [7, 11) is 0. The van der Waals surface area contributed by atoms with Crippen LogP contribution in [0.3, 0.4) is 0 Å². The Morgan fingerprint density at radius 2 is 1.86 bits per heavy atom. The molecule has 0 atom stereocenters. The van der Waals surface area contributed by atoms with E-state index in [4.69, 9.17) is 10.5 Å². The molecule has 0 aromatic carbocycles. The molecule has 3 aliphatic rings. The van der Waals surface area contributed by atoms with Gasteiger partial charge in [0, 0.05) is 17.2 Å². The number of ether oxygens (including phenoxy) is 1. The summed E-state index contributed by atoms with van der Waals surface area (Å²) < 4.78 is 7.51. The third kappa shape index (κ3) is 3.03. The number of hydrogen-bond acceptors (Lipinski definition) is 6. The number of nitrogens with two attached hydrogens (primary N) is 1. The first-order chi connectivity index (χ1) is 12.6. The fraction of sp³-hybridized carbons (Fsp3) is 0.368. The predicted molar refractivity (Wildman–Crippen MR) is 110 cm³/mol. The van der Waals surface area contributed by atoms with Crippen LogP contribution in [0.25, 0.3) is 17.3 Å². The van der Waals surface area contributed by atoms with Crippen molar-refractivity contribution in [3.8, 4) is 23.1 Å². The molecule has 9 heteroatoms. The molecule has 3 fully saturated rings. The largest absolute Gasteiger partial charge is 0.492 e. The van der Waals surface area contributed by atoms with E-state index in [2.05, 4.69) is 20.2 Å². The predicted octanol–water partition coefficient (Wildman–Crippen LogP) is 3.10.